The Morgan fingerprint density at radius 3 is 2.08 bits per heavy atom. The molecule has 0 N–H and O–H groups in total. The highest BCUT2D eigenvalue weighted by atomic mass is 32.1. The number of hydrogen-bond acceptors (Lipinski definition) is 9. The lowest BCUT2D eigenvalue weighted by Crippen LogP contribution is -2.39. The normalized spacial score (nSPS) is 14.2. The van der Waals surface area contributed by atoms with E-state index in [0.29, 0.717) is 50.2 Å². The highest BCUT2D eigenvalue weighted by Crippen LogP contribution is 2.37. The van der Waals surface area contributed by atoms with Gasteiger partial charge in [-0.1, -0.05) is 84.1 Å². The van der Waals surface area contributed by atoms with E-state index in [2.05, 4.69) is 0 Å². The third kappa shape index (κ3) is 6.74. The number of ether oxygens (including phenoxy) is 5. The zero-order valence-electron chi connectivity index (χ0n) is 27.0. The van der Waals surface area contributed by atoms with Crippen LogP contribution in [-0.2, 0) is 22.7 Å². The number of aromatic nitrogens is 1. The van der Waals surface area contributed by atoms with Crippen molar-refractivity contribution >= 4 is 23.4 Å². The number of esters is 1. The maximum absolute atomic E-state index is 14.2. The van der Waals surface area contributed by atoms with E-state index in [4.69, 9.17) is 28.7 Å². The van der Waals surface area contributed by atoms with E-state index in [0.717, 1.165) is 16.7 Å². The van der Waals surface area contributed by atoms with E-state index in [1.807, 2.05) is 72.8 Å². The van der Waals surface area contributed by atoms with E-state index in [1.165, 1.54) is 11.3 Å². The highest BCUT2D eigenvalue weighted by molar-refractivity contribution is 7.07. The monoisotopic (exact) mass is 662 g/mol. The summed E-state index contributed by atoms with van der Waals surface area (Å²) in [6.07, 6.45) is 1.77. The van der Waals surface area contributed by atoms with Gasteiger partial charge in [-0.25, -0.2) is 9.79 Å². The summed E-state index contributed by atoms with van der Waals surface area (Å²) in [6.45, 7) is 2.17. The Morgan fingerprint density at radius 1 is 0.792 bits per heavy atom. The minimum Gasteiger partial charge on any atom is -0.493 e. The van der Waals surface area contributed by atoms with Crippen LogP contribution in [0.25, 0.3) is 6.08 Å². The van der Waals surface area contributed by atoms with E-state index in [-0.39, 0.29) is 17.7 Å². The molecule has 1 aromatic heterocycles. The minimum atomic E-state index is -0.839. The third-order valence-corrected chi connectivity index (χ3v) is 8.88. The van der Waals surface area contributed by atoms with Crippen molar-refractivity contribution in [2.45, 2.75) is 26.2 Å². The van der Waals surface area contributed by atoms with Crippen LogP contribution >= 0.6 is 11.3 Å². The number of thiazole rings is 1. The second kappa shape index (κ2) is 14.4. The molecular formula is C38H34N2O7S. The molecule has 4 aromatic carbocycles. The summed E-state index contributed by atoms with van der Waals surface area (Å²) in [7, 11) is 4.68. The average Bonchev–Trinajstić information content (AvgIpc) is 3.43. The van der Waals surface area contributed by atoms with Crippen molar-refractivity contribution < 1.29 is 28.5 Å². The number of methoxy groups -OCH3 is 3. The molecule has 0 bridgehead atoms. The number of carbonyl (C=O) groups is 1. The Kier molecular flexibility index (Phi) is 9.73. The van der Waals surface area contributed by atoms with Crippen LogP contribution in [0.2, 0.25) is 0 Å². The molecule has 1 unspecified atom stereocenters. The van der Waals surface area contributed by atoms with Gasteiger partial charge in [0.05, 0.1) is 43.2 Å². The van der Waals surface area contributed by atoms with E-state index in [1.54, 1.807) is 63.2 Å². The zero-order chi connectivity index (χ0) is 33.6. The lowest BCUT2D eigenvalue weighted by molar-refractivity contribution is -0.140. The molecule has 48 heavy (non-hydrogen) atoms. The van der Waals surface area contributed by atoms with E-state index < -0.39 is 12.0 Å². The lowest BCUT2D eigenvalue weighted by Gasteiger charge is -2.25. The molecular weight excluding hydrogens is 628 g/mol. The van der Waals surface area contributed by atoms with Crippen molar-refractivity contribution in [3.63, 3.8) is 0 Å². The molecule has 244 valence electrons. The van der Waals surface area contributed by atoms with Gasteiger partial charge in [-0.15, -0.1) is 0 Å². The van der Waals surface area contributed by atoms with Gasteiger partial charge in [0.15, 0.2) is 27.8 Å². The Balaban J connectivity index is 1.43. The van der Waals surface area contributed by atoms with Gasteiger partial charge in [0, 0.05) is 0 Å². The van der Waals surface area contributed by atoms with Crippen LogP contribution in [0.1, 0.15) is 35.2 Å². The summed E-state index contributed by atoms with van der Waals surface area (Å²) < 4.78 is 30.5. The number of allylic oxidation sites excluding steroid dienone is 1. The Hall–Kier alpha value is -5.61. The second-order valence-electron chi connectivity index (χ2n) is 10.9. The molecule has 6 rings (SSSR count). The van der Waals surface area contributed by atoms with Crippen molar-refractivity contribution in [1.82, 2.24) is 4.57 Å². The van der Waals surface area contributed by atoms with Crippen LogP contribution in [0.3, 0.4) is 0 Å². The summed E-state index contributed by atoms with van der Waals surface area (Å²) in [4.78, 5) is 33.2. The van der Waals surface area contributed by atoms with Gasteiger partial charge in [-0.05, 0) is 59.5 Å². The third-order valence-electron chi connectivity index (χ3n) is 7.90. The van der Waals surface area contributed by atoms with Crippen molar-refractivity contribution in [1.29, 1.82) is 0 Å². The van der Waals surface area contributed by atoms with Gasteiger partial charge in [-0.3, -0.25) is 9.36 Å². The van der Waals surface area contributed by atoms with Gasteiger partial charge in [-0.2, -0.15) is 0 Å². The van der Waals surface area contributed by atoms with Crippen LogP contribution in [0, 0.1) is 0 Å². The van der Waals surface area contributed by atoms with Gasteiger partial charge in [0.2, 0.25) is 0 Å². The molecule has 0 aliphatic carbocycles. The first kappa shape index (κ1) is 32.3. The molecule has 0 saturated carbocycles. The quantitative estimate of drug-likeness (QED) is 0.170. The molecule has 2 heterocycles. The number of carbonyl (C=O) groups excluding carboxylic acids is 1. The van der Waals surface area contributed by atoms with Gasteiger partial charge in [0.25, 0.3) is 5.56 Å². The molecule has 10 heteroatoms. The van der Waals surface area contributed by atoms with Crippen molar-refractivity contribution in [3.05, 3.63) is 150 Å². The van der Waals surface area contributed by atoms with E-state index >= 15 is 0 Å². The lowest BCUT2D eigenvalue weighted by atomic mass is 9.95. The molecule has 1 aliphatic heterocycles. The summed E-state index contributed by atoms with van der Waals surface area (Å²) in [6, 6.07) is 29.2. The summed E-state index contributed by atoms with van der Waals surface area (Å²) in [5.74, 6) is 1.54. The topological polar surface area (TPSA) is 97.6 Å². The van der Waals surface area contributed by atoms with Crippen LogP contribution in [0.15, 0.2) is 118 Å². The molecule has 0 radical (unpaired) electrons. The number of rotatable bonds is 11. The zero-order valence-corrected chi connectivity index (χ0v) is 27.8. The highest BCUT2D eigenvalue weighted by Gasteiger charge is 2.34. The van der Waals surface area contributed by atoms with E-state index in [9.17, 15) is 9.59 Å². The summed E-state index contributed by atoms with van der Waals surface area (Å²) >= 11 is 1.24. The largest absolute Gasteiger partial charge is 0.493 e. The molecule has 0 saturated heterocycles. The van der Waals surface area contributed by atoms with Crippen LogP contribution in [0.4, 0.5) is 0 Å². The molecule has 9 nitrogen and oxygen atoms in total. The SMILES string of the molecule is COc1ccc(C=c2sc3n(c2=O)C(c2ccc(OCc4ccccc4)c(OC)c2)C(C(=O)OCc2ccccc2)=C(C)N=3)cc1OC. The molecule has 0 amide bonds. The smallest absolute Gasteiger partial charge is 0.338 e. The van der Waals surface area contributed by atoms with Crippen molar-refractivity contribution in [3.8, 4) is 23.0 Å². The van der Waals surface area contributed by atoms with Crippen LogP contribution in [-0.4, -0.2) is 31.9 Å². The number of nitrogens with zero attached hydrogens (tertiary/aromatic N) is 2. The van der Waals surface area contributed by atoms with Crippen molar-refractivity contribution in [2.75, 3.05) is 21.3 Å². The van der Waals surface area contributed by atoms with Crippen LogP contribution < -0.4 is 33.8 Å². The minimum absolute atomic E-state index is 0.0719. The first-order valence-electron chi connectivity index (χ1n) is 15.2. The maximum Gasteiger partial charge on any atom is 0.338 e. The Labute approximate surface area is 281 Å². The Bertz CT molecular complexity index is 2160. The van der Waals surface area contributed by atoms with Gasteiger partial charge >= 0.3 is 5.97 Å². The first-order chi connectivity index (χ1) is 23.4. The molecule has 1 atom stereocenters. The summed E-state index contributed by atoms with van der Waals surface area (Å²) in [5.41, 5.74) is 3.65. The fraction of sp³-hybridized carbons (Fsp3) is 0.184. The maximum atomic E-state index is 14.2. The molecule has 5 aromatic rings. The standard InChI is InChI=1S/C38H34N2O7S/c1-24-34(37(42)47-23-26-13-9-6-10-14-26)35(28-16-18-30(32(21-28)45-4)46-22-25-11-7-5-8-12-25)40-36(41)33(48-38(40)39-24)20-27-15-17-29(43-2)31(19-27)44-3/h5-21,35H,22-23H2,1-4H3. The van der Waals surface area contributed by atoms with Gasteiger partial charge in [0.1, 0.15) is 13.2 Å². The predicted octanol–water partition coefficient (Wildman–Crippen LogP) is 5.58. The fourth-order valence-corrected chi connectivity index (χ4v) is 6.55. The molecule has 0 spiro atoms. The molecule has 1 aliphatic rings. The fourth-order valence-electron chi connectivity index (χ4n) is 5.50. The van der Waals surface area contributed by atoms with Crippen LogP contribution in [0.5, 0.6) is 23.0 Å². The summed E-state index contributed by atoms with van der Waals surface area (Å²) in [5, 5.41) is 0. The number of hydrogen-bond donors (Lipinski definition) is 0. The first-order valence-corrected chi connectivity index (χ1v) is 16.0. The number of benzene rings is 4. The van der Waals surface area contributed by atoms with Gasteiger partial charge < -0.3 is 23.7 Å². The molecule has 0 fully saturated rings. The average molecular weight is 663 g/mol. The van der Waals surface area contributed by atoms with Crippen molar-refractivity contribution in [2.24, 2.45) is 4.99 Å². The predicted molar refractivity (Wildman–Crippen MR) is 183 cm³/mol. The second-order valence-corrected chi connectivity index (χ2v) is 12.0. The Morgan fingerprint density at radius 2 is 1.42 bits per heavy atom. The number of fused-ring (bicyclic) bond motifs is 1.